The van der Waals surface area contributed by atoms with Gasteiger partial charge in [-0.05, 0) is 31.5 Å². The number of rotatable bonds is 5. The number of carbonyl (C=O) groups is 1. The fraction of sp³-hybridized carbons (Fsp3) is 0.364. The van der Waals surface area contributed by atoms with Crippen LogP contribution in [-0.4, -0.2) is 24.1 Å². The minimum absolute atomic E-state index is 0. The normalized spacial score (nSPS) is 10.0. The van der Waals surface area contributed by atoms with Crippen LogP contribution in [0, 0.1) is 0 Å². The van der Waals surface area contributed by atoms with Crippen LogP contribution in [0.2, 0.25) is 0 Å². The van der Waals surface area contributed by atoms with Crippen molar-refractivity contribution in [2.24, 2.45) is 10.3 Å². The molecular weight excluding hydrogens is 245 g/mol. The Labute approximate surface area is 143 Å². The van der Waals surface area contributed by atoms with Crippen molar-refractivity contribution in [1.29, 1.82) is 0 Å². The molecule has 0 saturated carbocycles. The molecule has 0 aromatic heterocycles. The second kappa shape index (κ2) is 8.76. The predicted molar refractivity (Wildman–Crippen MR) is 58.2 cm³/mol. The first-order valence-electron chi connectivity index (χ1n) is 5.15. The molecule has 0 aliphatic rings. The summed E-state index contributed by atoms with van der Waals surface area (Å²) in [6, 6.07) is 6.09. The third-order valence-electron chi connectivity index (χ3n) is 2.12. The van der Waals surface area contributed by atoms with Crippen LogP contribution < -0.4 is 56.5 Å². The minimum atomic E-state index is -1.19. The van der Waals surface area contributed by atoms with E-state index in [4.69, 9.17) is 0 Å². The van der Waals surface area contributed by atoms with Gasteiger partial charge in [0, 0.05) is 13.1 Å². The Bertz CT molecular complexity index is 375. The van der Waals surface area contributed by atoms with Gasteiger partial charge in [0.25, 0.3) is 0 Å². The minimum Gasteiger partial charge on any atom is -0.545 e. The molecule has 0 heterocycles. The maximum Gasteiger partial charge on any atom is 1.00 e. The van der Waals surface area contributed by atoms with Gasteiger partial charge in [0.15, 0.2) is 0 Å². The summed E-state index contributed by atoms with van der Waals surface area (Å²) < 4.78 is 0. The van der Waals surface area contributed by atoms with Crippen molar-refractivity contribution in [1.82, 2.24) is 5.01 Å². The van der Waals surface area contributed by atoms with Gasteiger partial charge in [-0.15, -0.1) is 5.11 Å². The molecule has 0 fully saturated rings. The Morgan fingerprint density at radius 2 is 1.76 bits per heavy atom. The third kappa shape index (κ3) is 5.74. The number of carboxylic acid groups (broad SMARTS) is 1. The molecule has 0 aliphatic heterocycles. The predicted octanol–water partition coefficient (Wildman–Crippen LogP) is -1.61. The number of carboxylic acids is 1. The molecule has 1 rings (SSSR count). The fourth-order valence-electron chi connectivity index (χ4n) is 1.13. The standard InChI is InChI=1S/C11H15N3O2.K/c1-3-14(4-2)13-12-10-7-5-9(6-8-10)11(15)16;/h5-8H,3-4H2,1-2H3,(H,15,16);/q;+1/p-1. The molecule has 6 heteroatoms. The summed E-state index contributed by atoms with van der Waals surface area (Å²) in [6.45, 7) is 5.55. The van der Waals surface area contributed by atoms with Crippen molar-refractivity contribution in [3.63, 3.8) is 0 Å². The Balaban J connectivity index is 0.00000256. The van der Waals surface area contributed by atoms with Crippen LogP contribution in [0.4, 0.5) is 5.69 Å². The molecule has 0 amide bonds. The van der Waals surface area contributed by atoms with E-state index in [-0.39, 0.29) is 56.9 Å². The molecule has 0 atom stereocenters. The molecule has 0 saturated heterocycles. The number of carbonyl (C=O) groups excluding carboxylic acids is 1. The Hall–Kier alpha value is -0.274. The molecule has 0 bridgehead atoms. The monoisotopic (exact) mass is 259 g/mol. The summed E-state index contributed by atoms with van der Waals surface area (Å²) in [7, 11) is 0. The Morgan fingerprint density at radius 1 is 1.24 bits per heavy atom. The van der Waals surface area contributed by atoms with Crippen LogP contribution in [-0.2, 0) is 0 Å². The van der Waals surface area contributed by atoms with Crippen LogP contribution in [0.25, 0.3) is 0 Å². The van der Waals surface area contributed by atoms with Crippen molar-refractivity contribution in [3.8, 4) is 0 Å². The third-order valence-corrected chi connectivity index (χ3v) is 2.12. The number of aromatic carboxylic acids is 1. The molecular formula is C11H14KN3O2. The molecule has 86 valence electrons. The van der Waals surface area contributed by atoms with Crippen molar-refractivity contribution in [2.45, 2.75) is 13.8 Å². The van der Waals surface area contributed by atoms with Gasteiger partial charge in [-0.3, -0.25) is 5.01 Å². The van der Waals surface area contributed by atoms with Crippen LogP contribution in [0.3, 0.4) is 0 Å². The summed E-state index contributed by atoms with van der Waals surface area (Å²) in [5, 5.41) is 20.3. The van der Waals surface area contributed by atoms with E-state index in [1.165, 1.54) is 12.1 Å². The molecule has 1 aromatic carbocycles. The summed E-state index contributed by atoms with van der Waals surface area (Å²) in [5.74, 6) is -1.19. The van der Waals surface area contributed by atoms with E-state index in [0.29, 0.717) is 5.69 Å². The molecule has 0 unspecified atom stereocenters. The molecule has 0 N–H and O–H groups in total. The van der Waals surface area contributed by atoms with Gasteiger partial charge in [-0.2, -0.15) is 0 Å². The van der Waals surface area contributed by atoms with Gasteiger partial charge in [-0.25, -0.2) is 0 Å². The second-order valence-corrected chi connectivity index (χ2v) is 3.16. The van der Waals surface area contributed by atoms with Crippen molar-refractivity contribution in [3.05, 3.63) is 29.8 Å². The Kier molecular flexibility index (Phi) is 8.62. The van der Waals surface area contributed by atoms with E-state index < -0.39 is 5.97 Å². The second-order valence-electron chi connectivity index (χ2n) is 3.16. The van der Waals surface area contributed by atoms with Crippen LogP contribution >= 0.6 is 0 Å². The smallest absolute Gasteiger partial charge is 0.545 e. The first-order chi connectivity index (χ1) is 7.67. The van der Waals surface area contributed by atoms with E-state index in [1.807, 2.05) is 13.8 Å². The van der Waals surface area contributed by atoms with Crippen molar-refractivity contribution >= 4 is 11.7 Å². The molecule has 0 radical (unpaired) electrons. The average molecular weight is 259 g/mol. The molecule has 1 aromatic rings. The van der Waals surface area contributed by atoms with Crippen molar-refractivity contribution in [2.75, 3.05) is 13.1 Å². The van der Waals surface area contributed by atoms with Gasteiger partial charge in [0.1, 0.15) is 0 Å². The summed E-state index contributed by atoms with van der Waals surface area (Å²) >= 11 is 0. The first-order valence-corrected chi connectivity index (χ1v) is 5.15. The summed E-state index contributed by atoms with van der Waals surface area (Å²) in [6.07, 6.45) is 0. The van der Waals surface area contributed by atoms with Crippen LogP contribution in [0.5, 0.6) is 0 Å². The van der Waals surface area contributed by atoms with Crippen LogP contribution in [0.1, 0.15) is 24.2 Å². The average Bonchev–Trinajstić information content (AvgIpc) is 2.31. The maximum atomic E-state index is 10.5. The van der Waals surface area contributed by atoms with Gasteiger partial charge in [0.2, 0.25) is 0 Å². The quantitative estimate of drug-likeness (QED) is 0.363. The van der Waals surface area contributed by atoms with E-state index in [2.05, 4.69) is 10.3 Å². The molecule has 17 heavy (non-hydrogen) atoms. The van der Waals surface area contributed by atoms with E-state index in [9.17, 15) is 9.90 Å². The van der Waals surface area contributed by atoms with E-state index >= 15 is 0 Å². The van der Waals surface area contributed by atoms with Gasteiger partial charge < -0.3 is 9.90 Å². The zero-order chi connectivity index (χ0) is 12.0. The van der Waals surface area contributed by atoms with Gasteiger partial charge in [0.05, 0.1) is 11.7 Å². The van der Waals surface area contributed by atoms with Crippen LogP contribution in [0.15, 0.2) is 34.6 Å². The Morgan fingerprint density at radius 3 is 2.18 bits per heavy atom. The van der Waals surface area contributed by atoms with E-state index in [1.54, 1.807) is 17.1 Å². The first kappa shape index (κ1) is 16.7. The number of hydrogen-bond donors (Lipinski definition) is 0. The van der Waals surface area contributed by atoms with Gasteiger partial charge in [-0.1, -0.05) is 17.4 Å². The number of hydrogen-bond acceptors (Lipinski definition) is 4. The van der Waals surface area contributed by atoms with Gasteiger partial charge >= 0.3 is 51.4 Å². The maximum absolute atomic E-state index is 10.5. The zero-order valence-corrected chi connectivity index (χ0v) is 13.5. The molecule has 0 aliphatic carbocycles. The number of nitrogens with zero attached hydrogens (tertiary/aromatic N) is 3. The topological polar surface area (TPSA) is 68.1 Å². The number of benzene rings is 1. The molecule has 0 spiro atoms. The molecule has 5 nitrogen and oxygen atoms in total. The summed E-state index contributed by atoms with van der Waals surface area (Å²) in [5.41, 5.74) is 0.763. The fourth-order valence-corrected chi connectivity index (χ4v) is 1.13. The zero-order valence-electron chi connectivity index (χ0n) is 10.4. The van der Waals surface area contributed by atoms with Crippen molar-refractivity contribution < 1.29 is 61.3 Å². The van der Waals surface area contributed by atoms with E-state index in [0.717, 1.165) is 13.1 Å². The summed E-state index contributed by atoms with van der Waals surface area (Å²) in [4.78, 5) is 10.5. The largest absolute Gasteiger partial charge is 1.00 e. The SMILES string of the molecule is CCN(CC)N=Nc1ccc(C(=O)[O-])cc1.[K+].